The predicted octanol–water partition coefficient (Wildman–Crippen LogP) is 4.00. The molecule has 0 aliphatic heterocycles. The molecule has 2 aromatic rings. The fraction of sp³-hybridized carbons (Fsp3) is 0.316. The highest BCUT2D eigenvalue weighted by molar-refractivity contribution is 8.00. The topological polar surface area (TPSA) is 63.0 Å². The first-order valence-electron chi connectivity index (χ1n) is 7.58. The van der Waals surface area contributed by atoms with Crippen molar-refractivity contribution in [2.45, 2.75) is 32.4 Å². The number of hydrogen-bond donors (Lipinski definition) is 0. The van der Waals surface area contributed by atoms with Crippen molar-refractivity contribution in [2.75, 3.05) is 12.9 Å². The first kappa shape index (κ1) is 18.2. The molecule has 0 saturated carbocycles. The van der Waals surface area contributed by atoms with E-state index in [0.29, 0.717) is 22.8 Å². The van der Waals surface area contributed by atoms with Crippen LogP contribution >= 0.6 is 11.8 Å². The lowest BCUT2D eigenvalue weighted by molar-refractivity contribution is 0.102. The number of aromatic nitrogens is 1. The summed E-state index contributed by atoms with van der Waals surface area (Å²) in [5.41, 5.74) is 4.93. The number of benzene rings is 1. The number of nitriles is 1. The van der Waals surface area contributed by atoms with E-state index in [9.17, 15) is 10.1 Å². The summed E-state index contributed by atoms with van der Waals surface area (Å²) in [6.07, 6.45) is 0. The number of rotatable bonds is 6. The van der Waals surface area contributed by atoms with Crippen LogP contribution in [0.15, 0.2) is 29.3 Å². The van der Waals surface area contributed by atoms with Crippen molar-refractivity contribution in [2.24, 2.45) is 0 Å². The molecule has 0 saturated heterocycles. The number of aryl methyl sites for hydroxylation is 3. The molecule has 2 rings (SSSR count). The SMILES string of the molecule is COCc1cc(C)nc(SCC(=O)c2cc(C)cc(C)c2)c1C#N. The van der Waals surface area contributed by atoms with E-state index in [4.69, 9.17) is 4.74 Å². The van der Waals surface area contributed by atoms with Gasteiger partial charge in [-0.15, -0.1) is 0 Å². The molecule has 0 aliphatic rings. The highest BCUT2D eigenvalue weighted by Crippen LogP contribution is 2.25. The first-order chi connectivity index (χ1) is 11.4. The number of thioether (sulfide) groups is 1. The van der Waals surface area contributed by atoms with Gasteiger partial charge in [0.1, 0.15) is 11.1 Å². The van der Waals surface area contributed by atoms with Crippen LogP contribution in [-0.2, 0) is 11.3 Å². The fourth-order valence-electron chi connectivity index (χ4n) is 2.56. The van der Waals surface area contributed by atoms with Gasteiger partial charge in [-0.05, 0) is 44.5 Å². The summed E-state index contributed by atoms with van der Waals surface area (Å²) < 4.78 is 5.15. The van der Waals surface area contributed by atoms with E-state index in [-0.39, 0.29) is 11.5 Å². The van der Waals surface area contributed by atoms with Gasteiger partial charge in [-0.3, -0.25) is 4.79 Å². The normalized spacial score (nSPS) is 10.5. The zero-order chi connectivity index (χ0) is 17.7. The molecule has 0 aliphatic carbocycles. The van der Waals surface area contributed by atoms with Gasteiger partial charge >= 0.3 is 0 Å². The molecule has 24 heavy (non-hydrogen) atoms. The fourth-order valence-corrected chi connectivity index (χ4v) is 3.52. The van der Waals surface area contributed by atoms with Crippen molar-refractivity contribution in [1.29, 1.82) is 5.26 Å². The lowest BCUT2D eigenvalue weighted by atomic mass is 10.1. The standard InChI is InChI=1S/C19H20N2O2S/c1-12-5-13(2)7-15(6-12)18(22)11-24-19-17(9-20)16(10-23-4)8-14(3)21-19/h5-8H,10-11H2,1-4H3. The number of carbonyl (C=O) groups is 1. The van der Waals surface area contributed by atoms with E-state index in [2.05, 4.69) is 11.1 Å². The van der Waals surface area contributed by atoms with Crippen molar-refractivity contribution < 1.29 is 9.53 Å². The largest absolute Gasteiger partial charge is 0.380 e. The van der Waals surface area contributed by atoms with Gasteiger partial charge in [0.05, 0.1) is 17.9 Å². The second-order valence-electron chi connectivity index (χ2n) is 5.74. The highest BCUT2D eigenvalue weighted by atomic mass is 32.2. The Morgan fingerprint density at radius 1 is 1.21 bits per heavy atom. The number of ether oxygens (including phenoxy) is 1. The van der Waals surface area contributed by atoms with E-state index in [1.165, 1.54) is 11.8 Å². The minimum Gasteiger partial charge on any atom is -0.380 e. The monoisotopic (exact) mass is 340 g/mol. The average Bonchev–Trinajstić information content (AvgIpc) is 2.51. The Morgan fingerprint density at radius 3 is 2.46 bits per heavy atom. The van der Waals surface area contributed by atoms with Crippen molar-refractivity contribution >= 4 is 17.5 Å². The molecular formula is C19H20N2O2S. The molecule has 0 spiro atoms. The summed E-state index contributed by atoms with van der Waals surface area (Å²) in [6, 6.07) is 9.85. The van der Waals surface area contributed by atoms with Gasteiger partial charge in [-0.2, -0.15) is 5.26 Å². The van der Waals surface area contributed by atoms with Crippen molar-refractivity contribution in [3.8, 4) is 6.07 Å². The number of carbonyl (C=O) groups excluding carboxylic acids is 1. The van der Waals surface area contributed by atoms with Crippen LogP contribution in [0, 0.1) is 32.1 Å². The summed E-state index contributed by atoms with van der Waals surface area (Å²) in [5.74, 6) is 0.285. The van der Waals surface area contributed by atoms with E-state index >= 15 is 0 Å². The molecule has 4 nitrogen and oxygen atoms in total. The van der Waals surface area contributed by atoms with Crippen molar-refractivity contribution in [3.63, 3.8) is 0 Å². The third-order valence-electron chi connectivity index (χ3n) is 3.49. The third kappa shape index (κ3) is 4.44. The quantitative estimate of drug-likeness (QED) is 0.587. The Morgan fingerprint density at radius 2 is 1.88 bits per heavy atom. The molecular weight excluding hydrogens is 320 g/mol. The molecule has 0 atom stereocenters. The molecule has 124 valence electrons. The second kappa shape index (κ2) is 8.09. The summed E-state index contributed by atoms with van der Waals surface area (Å²) >= 11 is 1.30. The Labute approximate surface area is 146 Å². The molecule has 1 heterocycles. The number of methoxy groups -OCH3 is 1. The van der Waals surface area contributed by atoms with Crippen molar-refractivity contribution in [1.82, 2.24) is 4.98 Å². The van der Waals surface area contributed by atoms with E-state index < -0.39 is 0 Å². The van der Waals surface area contributed by atoms with E-state index in [1.807, 2.05) is 45.0 Å². The first-order valence-corrected chi connectivity index (χ1v) is 8.57. The van der Waals surface area contributed by atoms with Crippen LogP contribution in [0.4, 0.5) is 0 Å². The maximum absolute atomic E-state index is 12.5. The molecule has 0 radical (unpaired) electrons. The van der Waals surface area contributed by atoms with Crippen LogP contribution in [0.3, 0.4) is 0 Å². The molecule has 1 aromatic heterocycles. The van der Waals surface area contributed by atoms with Gasteiger partial charge in [-0.1, -0.05) is 29.0 Å². The molecule has 0 amide bonds. The number of pyridine rings is 1. The van der Waals surface area contributed by atoms with Gasteiger partial charge < -0.3 is 4.74 Å². The summed E-state index contributed by atoms with van der Waals surface area (Å²) in [7, 11) is 1.59. The van der Waals surface area contributed by atoms with Crippen LogP contribution in [0.25, 0.3) is 0 Å². The van der Waals surface area contributed by atoms with Crippen LogP contribution in [0.2, 0.25) is 0 Å². The third-order valence-corrected chi connectivity index (χ3v) is 4.47. The maximum Gasteiger partial charge on any atom is 0.173 e. The Hall–Kier alpha value is -2.16. The van der Waals surface area contributed by atoms with Crippen LogP contribution in [-0.4, -0.2) is 23.6 Å². The zero-order valence-corrected chi connectivity index (χ0v) is 15.2. The van der Waals surface area contributed by atoms with E-state index in [1.54, 1.807) is 7.11 Å². The summed E-state index contributed by atoms with van der Waals surface area (Å²) in [5, 5.41) is 10.0. The molecule has 0 N–H and O–H groups in total. The molecule has 0 fully saturated rings. The molecule has 0 unspecified atom stereocenters. The second-order valence-corrected chi connectivity index (χ2v) is 6.70. The smallest absolute Gasteiger partial charge is 0.173 e. The minimum atomic E-state index is 0.0345. The van der Waals surface area contributed by atoms with Crippen LogP contribution in [0.1, 0.15) is 38.3 Å². The number of hydrogen-bond acceptors (Lipinski definition) is 5. The minimum absolute atomic E-state index is 0.0345. The van der Waals surface area contributed by atoms with Crippen LogP contribution < -0.4 is 0 Å². The Kier molecular flexibility index (Phi) is 6.13. The van der Waals surface area contributed by atoms with Gasteiger partial charge in [-0.25, -0.2) is 4.98 Å². The van der Waals surface area contributed by atoms with E-state index in [0.717, 1.165) is 22.4 Å². The van der Waals surface area contributed by atoms with Crippen molar-refractivity contribution in [3.05, 3.63) is 57.8 Å². The van der Waals surface area contributed by atoms with Gasteiger partial charge in [0.15, 0.2) is 5.78 Å². The summed E-state index contributed by atoms with van der Waals surface area (Å²) in [4.78, 5) is 16.9. The molecule has 0 bridgehead atoms. The number of nitrogens with zero attached hydrogens (tertiary/aromatic N) is 2. The Bertz CT molecular complexity index is 789. The zero-order valence-electron chi connectivity index (χ0n) is 14.3. The lowest BCUT2D eigenvalue weighted by Crippen LogP contribution is -2.05. The molecule has 5 heteroatoms. The van der Waals surface area contributed by atoms with Gasteiger partial charge in [0, 0.05) is 18.4 Å². The lowest BCUT2D eigenvalue weighted by Gasteiger charge is -2.10. The summed E-state index contributed by atoms with van der Waals surface area (Å²) in [6.45, 7) is 6.18. The Balaban J connectivity index is 2.22. The molecule has 1 aromatic carbocycles. The average molecular weight is 340 g/mol. The number of Topliss-reactive ketones (excluding diaryl/α,β-unsaturated/α-hetero) is 1. The van der Waals surface area contributed by atoms with Gasteiger partial charge in [0.25, 0.3) is 0 Å². The number of ketones is 1. The van der Waals surface area contributed by atoms with Gasteiger partial charge in [0.2, 0.25) is 0 Å². The van der Waals surface area contributed by atoms with Crippen LogP contribution in [0.5, 0.6) is 0 Å². The predicted molar refractivity (Wildman–Crippen MR) is 95.4 cm³/mol. The maximum atomic E-state index is 12.5. The highest BCUT2D eigenvalue weighted by Gasteiger charge is 2.15.